The third-order valence-corrected chi connectivity index (χ3v) is 4.99. The summed E-state index contributed by atoms with van der Waals surface area (Å²) >= 11 is 0. The third-order valence-electron chi connectivity index (χ3n) is 4.99. The van der Waals surface area contributed by atoms with Gasteiger partial charge < -0.3 is 19.4 Å². The highest BCUT2D eigenvalue weighted by Crippen LogP contribution is 2.39. The van der Waals surface area contributed by atoms with Crippen LogP contribution < -0.4 is 14.8 Å². The van der Waals surface area contributed by atoms with E-state index in [0.717, 1.165) is 37.5 Å². The zero-order valence-corrected chi connectivity index (χ0v) is 15.0. The molecule has 1 aromatic carbocycles. The van der Waals surface area contributed by atoms with Gasteiger partial charge in [-0.25, -0.2) is 0 Å². The van der Waals surface area contributed by atoms with Crippen LogP contribution in [0.5, 0.6) is 11.5 Å². The summed E-state index contributed by atoms with van der Waals surface area (Å²) in [6.07, 6.45) is 5.07. The zero-order chi connectivity index (χ0) is 17.9. The zero-order valence-electron chi connectivity index (χ0n) is 15.0. The van der Waals surface area contributed by atoms with Crippen molar-refractivity contribution in [1.82, 2.24) is 20.1 Å². The molecule has 1 amide bonds. The van der Waals surface area contributed by atoms with Crippen molar-refractivity contribution in [3.05, 3.63) is 35.9 Å². The van der Waals surface area contributed by atoms with E-state index in [4.69, 9.17) is 9.47 Å². The van der Waals surface area contributed by atoms with E-state index in [0.29, 0.717) is 17.4 Å². The van der Waals surface area contributed by atoms with Crippen LogP contribution in [-0.4, -0.2) is 40.4 Å². The smallest absolute Gasteiger partial charge is 0.258 e. The van der Waals surface area contributed by atoms with Crippen LogP contribution in [0.15, 0.2) is 24.3 Å². The molecule has 1 aliphatic heterocycles. The molecule has 0 radical (unpaired) electrons. The predicted octanol–water partition coefficient (Wildman–Crippen LogP) is 2.06. The van der Waals surface area contributed by atoms with Gasteiger partial charge in [-0.05, 0) is 37.8 Å². The summed E-state index contributed by atoms with van der Waals surface area (Å²) in [5.74, 6) is 4.02. The summed E-state index contributed by atoms with van der Waals surface area (Å²) in [5.41, 5.74) is 0. The Labute approximate surface area is 152 Å². The lowest BCUT2D eigenvalue weighted by Crippen LogP contribution is -2.38. The lowest BCUT2D eigenvalue weighted by Gasteiger charge is -2.16. The largest absolute Gasteiger partial charge is 0.497 e. The first-order valence-electron chi connectivity index (χ1n) is 9.21. The molecule has 2 heterocycles. The van der Waals surface area contributed by atoms with E-state index in [2.05, 4.69) is 20.1 Å². The number of carbonyl (C=O) groups is 1. The number of rotatable bonds is 6. The number of aromatic nitrogens is 3. The monoisotopic (exact) mass is 356 g/mol. The second kappa shape index (κ2) is 7.35. The van der Waals surface area contributed by atoms with E-state index < -0.39 is 0 Å². The average molecular weight is 356 g/mol. The van der Waals surface area contributed by atoms with Gasteiger partial charge in [-0.3, -0.25) is 4.79 Å². The van der Waals surface area contributed by atoms with E-state index in [1.165, 1.54) is 12.8 Å². The standard InChI is InChI=1S/C19H24N4O3/c1-25-15-3-2-4-16(11-15)26-12-18(24)20-14-7-8-17-21-22-19(13-5-6-13)23(17)10-9-14/h2-4,11,13-14H,5-10,12H2,1H3,(H,20,24). The topological polar surface area (TPSA) is 78.3 Å². The Kier molecular flexibility index (Phi) is 4.77. The number of nitrogens with one attached hydrogen (secondary N) is 1. The number of fused-ring (bicyclic) bond motifs is 1. The molecule has 1 aliphatic carbocycles. The van der Waals surface area contributed by atoms with Gasteiger partial charge in [-0.2, -0.15) is 0 Å². The highest BCUT2D eigenvalue weighted by Gasteiger charge is 2.31. The molecule has 1 atom stereocenters. The minimum atomic E-state index is -0.0992. The highest BCUT2D eigenvalue weighted by atomic mass is 16.5. The molecule has 1 saturated carbocycles. The van der Waals surface area contributed by atoms with Crippen LogP contribution in [0, 0.1) is 0 Å². The minimum absolute atomic E-state index is 0.00309. The van der Waals surface area contributed by atoms with Gasteiger partial charge in [0.1, 0.15) is 23.1 Å². The molecule has 0 spiro atoms. The maximum Gasteiger partial charge on any atom is 0.258 e. The molecular formula is C19H24N4O3. The Morgan fingerprint density at radius 1 is 1.23 bits per heavy atom. The van der Waals surface area contributed by atoms with Crippen LogP contribution >= 0.6 is 0 Å². The van der Waals surface area contributed by atoms with Crippen LogP contribution in [0.1, 0.15) is 43.3 Å². The molecule has 1 N–H and O–H groups in total. The number of methoxy groups -OCH3 is 1. The summed E-state index contributed by atoms with van der Waals surface area (Å²) in [7, 11) is 1.60. The van der Waals surface area contributed by atoms with E-state index in [1.54, 1.807) is 13.2 Å². The molecule has 4 rings (SSSR count). The molecule has 1 aromatic heterocycles. The number of carbonyl (C=O) groups excluding carboxylic acids is 1. The van der Waals surface area contributed by atoms with E-state index in [-0.39, 0.29) is 18.6 Å². The van der Waals surface area contributed by atoms with Crippen LogP contribution in [-0.2, 0) is 17.8 Å². The first-order chi connectivity index (χ1) is 12.7. The number of amides is 1. The third kappa shape index (κ3) is 3.81. The lowest BCUT2D eigenvalue weighted by molar-refractivity contribution is -0.123. The maximum atomic E-state index is 12.2. The van der Waals surface area contributed by atoms with Gasteiger partial charge in [0.25, 0.3) is 5.91 Å². The summed E-state index contributed by atoms with van der Waals surface area (Å²) in [6, 6.07) is 7.40. The van der Waals surface area contributed by atoms with Gasteiger partial charge in [-0.15, -0.1) is 10.2 Å². The fraction of sp³-hybridized carbons (Fsp3) is 0.526. The van der Waals surface area contributed by atoms with Crippen molar-refractivity contribution in [1.29, 1.82) is 0 Å². The molecule has 138 valence electrons. The van der Waals surface area contributed by atoms with Crippen molar-refractivity contribution in [2.45, 2.75) is 50.6 Å². The Balaban J connectivity index is 1.28. The highest BCUT2D eigenvalue weighted by molar-refractivity contribution is 5.77. The van der Waals surface area contributed by atoms with Crippen molar-refractivity contribution >= 4 is 5.91 Å². The number of aryl methyl sites for hydroxylation is 1. The fourth-order valence-corrected chi connectivity index (χ4v) is 3.41. The van der Waals surface area contributed by atoms with Crippen LogP contribution in [0.4, 0.5) is 0 Å². The molecule has 2 aromatic rings. The summed E-state index contributed by atoms with van der Waals surface area (Å²) in [4.78, 5) is 12.2. The number of ether oxygens (including phenoxy) is 2. The normalized spacial score (nSPS) is 19.3. The Morgan fingerprint density at radius 3 is 2.88 bits per heavy atom. The fourth-order valence-electron chi connectivity index (χ4n) is 3.41. The molecule has 7 heteroatoms. The predicted molar refractivity (Wildman–Crippen MR) is 95.4 cm³/mol. The van der Waals surface area contributed by atoms with Crippen molar-refractivity contribution in [2.24, 2.45) is 0 Å². The summed E-state index contributed by atoms with van der Waals surface area (Å²) in [5, 5.41) is 11.8. The van der Waals surface area contributed by atoms with Crippen molar-refractivity contribution in [2.75, 3.05) is 13.7 Å². The van der Waals surface area contributed by atoms with Gasteiger partial charge >= 0.3 is 0 Å². The Hall–Kier alpha value is -2.57. The second-order valence-electron chi connectivity index (χ2n) is 6.96. The molecule has 26 heavy (non-hydrogen) atoms. The number of nitrogens with zero attached hydrogens (tertiary/aromatic N) is 3. The van der Waals surface area contributed by atoms with Gasteiger partial charge in [0, 0.05) is 31.0 Å². The van der Waals surface area contributed by atoms with Crippen molar-refractivity contribution in [3.8, 4) is 11.5 Å². The van der Waals surface area contributed by atoms with Gasteiger partial charge in [0.05, 0.1) is 7.11 Å². The molecule has 0 bridgehead atoms. The second-order valence-corrected chi connectivity index (χ2v) is 6.96. The first-order valence-corrected chi connectivity index (χ1v) is 9.21. The average Bonchev–Trinajstić information content (AvgIpc) is 3.46. The van der Waals surface area contributed by atoms with E-state index >= 15 is 0 Å². The minimum Gasteiger partial charge on any atom is -0.497 e. The molecule has 1 fully saturated rings. The Morgan fingerprint density at radius 2 is 2.08 bits per heavy atom. The van der Waals surface area contributed by atoms with Crippen molar-refractivity contribution in [3.63, 3.8) is 0 Å². The molecule has 7 nitrogen and oxygen atoms in total. The Bertz CT molecular complexity index is 785. The van der Waals surface area contributed by atoms with Crippen LogP contribution in [0.3, 0.4) is 0 Å². The van der Waals surface area contributed by atoms with Gasteiger partial charge in [-0.1, -0.05) is 6.07 Å². The van der Waals surface area contributed by atoms with Gasteiger partial charge in [0.2, 0.25) is 0 Å². The summed E-state index contributed by atoms with van der Waals surface area (Å²) in [6.45, 7) is 0.874. The van der Waals surface area contributed by atoms with E-state index in [9.17, 15) is 4.79 Å². The van der Waals surface area contributed by atoms with Gasteiger partial charge in [0.15, 0.2) is 6.61 Å². The molecule has 0 saturated heterocycles. The first kappa shape index (κ1) is 16.9. The summed E-state index contributed by atoms with van der Waals surface area (Å²) < 4.78 is 13.0. The SMILES string of the molecule is COc1cccc(OCC(=O)NC2CCc3nnc(C4CC4)n3CC2)c1. The number of hydrogen-bond acceptors (Lipinski definition) is 5. The lowest BCUT2D eigenvalue weighted by atomic mass is 10.1. The number of benzene rings is 1. The molecule has 1 unspecified atom stereocenters. The quantitative estimate of drug-likeness (QED) is 0.857. The maximum absolute atomic E-state index is 12.2. The molecule has 2 aliphatic rings. The van der Waals surface area contributed by atoms with Crippen LogP contribution in [0.2, 0.25) is 0 Å². The molecular weight excluding hydrogens is 332 g/mol. The van der Waals surface area contributed by atoms with Crippen LogP contribution in [0.25, 0.3) is 0 Å². The number of hydrogen-bond donors (Lipinski definition) is 1. The van der Waals surface area contributed by atoms with Crippen molar-refractivity contribution < 1.29 is 14.3 Å². The van der Waals surface area contributed by atoms with E-state index in [1.807, 2.05) is 18.2 Å².